The molecule has 0 heterocycles. The highest BCUT2D eigenvalue weighted by atomic mass is 16.5. The summed E-state index contributed by atoms with van der Waals surface area (Å²) in [4.78, 5) is 0. The van der Waals surface area contributed by atoms with Crippen LogP contribution in [-0.2, 0) is 4.74 Å². The molecule has 0 aliphatic carbocycles. The van der Waals surface area contributed by atoms with Crippen LogP contribution in [0.2, 0.25) is 0 Å². The predicted octanol–water partition coefficient (Wildman–Crippen LogP) is 1.01. The lowest BCUT2D eigenvalue weighted by Gasteiger charge is -2.10. The molecule has 0 saturated carbocycles. The highest BCUT2D eigenvalue weighted by Gasteiger charge is 2.02. The van der Waals surface area contributed by atoms with E-state index >= 15 is 0 Å². The molecule has 0 rings (SSSR count). The monoisotopic (exact) mass is 131 g/mol. The van der Waals surface area contributed by atoms with Crippen LogP contribution in [0.4, 0.5) is 0 Å². The van der Waals surface area contributed by atoms with Gasteiger partial charge in [0, 0.05) is 13.7 Å². The van der Waals surface area contributed by atoms with Gasteiger partial charge in [0.2, 0.25) is 0 Å². The molecule has 0 fully saturated rings. The molecule has 0 aliphatic heterocycles. The topological polar surface area (TPSA) is 35.2 Å². The Bertz CT molecular complexity index is 50.9. The first-order valence-electron chi connectivity index (χ1n) is 3.54. The summed E-state index contributed by atoms with van der Waals surface area (Å²) in [5.41, 5.74) is 5.38. The minimum absolute atomic E-state index is 0.667. The van der Waals surface area contributed by atoms with Crippen LogP contribution in [0.25, 0.3) is 0 Å². The molecule has 0 amide bonds. The Morgan fingerprint density at radius 1 is 1.56 bits per heavy atom. The maximum Gasteiger partial charge on any atom is 0.0490 e. The van der Waals surface area contributed by atoms with E-state index in [1.165, 1.54) is 6.42 Å². The van der Waals surface area contributed by atoms with E-state index in [2.05, 4.69) is 6.92 Å². The van der Waals surface area contributed by atoms with Gasteiger partial charge in [-0.15, -0.1) is 0 Å². The van der Waals surface area contributed by atoms with Crippen molar-refractivity contribution in [2.24, 2.45) is 11.7 Å². The minimum atomic E-state index is 0.667. The number of hydrogen-bond donors (Lipinski definition) is 1. The van der Waals surface area contributed by atoms with E-state index in [0.29, 0.717) is 5.92 Å². The summed E-state index contributed by atoms with van der Waals surface area (Å²) in [6, 6.07) is 0. The fraction of sp³-hybridized carbons (Fsp3) is 1.00. The second-order valence-electron chi connectivity index (χ2n) is 2.31. The first kappa shape index (κ1) is 8.92. The van der Waals surface area contributed by atoms with Crippen LogP contribution in [-0.4, -0.2) is 20.3 Å². The number of hydrogen-bond acceptors (Lipinski definition) is 2. The molecule has 1 unspecified atom stereocenters. The van der Waals surface area contributed by atoms with Gasteiger partial charge >= 0.3 is 0 Å². The fourth-order valence-corrected chi connectivity index (χ4v) is 0.877. The van der Waals surface area contributed by atoms with E-state index in [1.54, 1.807) is 7.11 Å². The molecule has 0 spiro atoms. The van der Waals surface area contributed by atoms with Crippen LogP contribution < -0.4 is 5.73 Å². The van der Waals surface area contributed by atoms with Crippen LogP contribution in [0, 0.1) is 5.92 Å². The minimum Gasteiger partial charge on any atom is -0.384 e. The molecular weight excluding hydrogens is 114 g/mol. The highest BCUT2D eigenvalue weighted by Crippen LogP contribution is 2.05. The zero-order valence-electron chi connectivity index (χ0n) is 6.39. The van der Waals surface area contributed by atoms with Gasteiger partial charge in [-0.2, -0.15) is 0 Å². The van der Waals surface area contributed by atoms with Gasteiger partial charge in [0.15, 0.2) is 0 Å². The molecule has 0 aliphatic rings. The Hall–Kier alpha value is -0.0800. The lowest BCUT2D eigenvalue weighted by atomic mass is 10.0. The van der Waals surface area contributed by atoms with Gasteiger partial charge in [0.05, 0.1) is 0 Å². The van der Waals surface area contributed by atoms with Gasteiger partial charge in [0.25, 0.3) is 0 Å². The van der Waals surface area contributed by atoms with Crippen LogP contribution in [0.1, 0.15) is 19.8 Å². The third-order valence-corrected chi connectivity index (χ3v) is 1.55. The van der Waals surface area contributed by atoms with Crippen molar-refractivity contribution in [2.45, 2.75) is 19.8 Å². The standard InChI is InChI=1S/C7H17NO/c1-3-7(4-5-8)6-9-2/h7H,3-6,8H2,1-2H3. The number of nitrogens with two attached hydrogens (primary N) is 1. The zero-order chi connectivity index (χ0) is 7.11. The molecule has 9 heavy (non-hydrogen) atoms. The molecule has 0 aromatic rings. The van der Waals surface area contributed by atoms with Crippen LogP contribution in [0.3, 0.4) is 0 Å². The van der Waals surface area contributed by atoms with Crippen molar-refractivity contribution in [1.82, 2.24) is 0 Å². The largest absolute Gasteiger partial charge is 0.384 e. The molecule has 0 aromatic heterocycles. The average Bonchev–Trinajstić information content (AvgIpc) is 1.88. The number of ether oxygens (including phenoxy) is 1. The molecule has 2 heteroatoms. The third kappa shape index (κ3) is 4.43. The molecule has 2 nitrogen and oxygen atoms in total. The van der Waals surface area contributed by atoms with Gasteiger partial charge in [-0.3, -0.25) is 0 Å². The Balaban J connectivity index is 3.18. The first-order valence-corrected chi connectivity index (χ1v) is 3.54. The quantitative estimate of drug-likeness (QED) is 0.604. The predicted molar refractivity (Wildman–Crippen MR) is 39.3 cm³/mol. The Kier molecular flexibility index (Phi) is 5.99. The normalized spacial score (nSPS) is 13.7. The highest BCUT2D eigenvalue weighted by molar-refractivity contribution is 4.55. The summed E-state index contributed by atoms with van der Waals surface area (Å²) < 4.78 is 4.99. The molecule has 1 atom stereocenters. The van der Waals surface area contributed by atoms with Crippen molar-refractivity contribution in [3.63, 3.8) is 0 Å². The molecule has 0 aromatic carbocycles. The Morgan fingerprint density at radius 2 is 2.22 bits per heavy atom. The van der Waals surface area contributed by atoms with Gasteiger partial charge in [-0.1, -0.05) is 13.3 Å². The summed E-state index contributed by atoms with van der Waals surface area (Å²) in [6.45, 7) is 3.80. The van der Waals surface area contributed by atoms with Crippen molar-refractivity contribution >= 4 is 0 Å². The van der Waals surface area contributed by atoms with Crippen LogP contribution in [0.5, 0.6) is 0 Å². The summed E-state index contributed by atoms with van der Waals surface area (Å²) in [7, 11) is 1.74. The van der Waals surface area contributed by atoms with E-state index < -0.39 is 0 Å². The molecule has 56 valence electrons. The zero-order valence-corrected chi connectivity index (χ0v) is 6.39. The maximum atomic E-state index is 5.38. The van der Waals surface area contributed by atoms with E-state index in [9.17, 15) is 0 Å². The SMILES string of the molecule is CCC(CCN)COC. The van der Waals surface area contributed by atoms with E-state index in [0.717, 1.165) is 19.6 Å². The van der Waals surface area contributed by atoms with Crippen LogP contribution in [0.15, 0.2) is 0 Å². The summed E-state index contributed by atoms with van der Waals surface area (Å²) in [6.07, 6.45) is 2.26. The average molecular weight is 131 g/mol. The van der Waals surface area contributed by atoms with Crippen molar-refractivity contribution < 1.29 is 4.74 Å². The molecule has 2 N–H and O–H groups in total. The third-order valence-electron chi connectivity index (χ3n) is 1.55. The Morgan fingerprint density at radius 3 is 2.56 bits per heavy atom. The lowest BCUT2D eigenvalue weighted by molar-refractivity contribution is 0.147. The first-order chi connectivity index (χ1) is 4.35. The molecule has 0 radical (unpaired) electrons. The molecular formula is C7H17NO. The number of rotatable bonds is 5. The fourth-order valence-electron chi connectivity index (χ4n) is 0.877. The smallest absolute Gasteiger partial charge is 0.0490 e. The molecule has 0 bridgehead atoms. The van der Waals surface area contributed by atoms with E-state index in [1.807, 2.05) is 0 Å². The summed E-state index contributed by atoms with van der Waals surface area (Å²) in [5.74, 6) is 0.667. The Labute approximate surface area is 57.4 Å². The van der Waals surface area contributed by atoms with Crippen LogP contribution >= 0.6 is 0 Å². The van der Waals surface area contributed by atoms with Crippen molar-refractivity contribution in [1.29, 1.82) is 0 Å². The van der Waals surface area contributed by atoms with Crippen molar-refractivity contribution in [3.05, 3.63) is 0 Å². The lowest BCUT2D eigenvalue weighted by Crippen LogP contribution is -2.12. The molecule has 0 saturated heterocycles. The number of methoxy groups -OCH3 is 1. The maximum absolute atomic E-state index is 5.38. The van der Waals surface area contributed by atoms with Gasteiger partial charge in [-0.25, -0.2) is 0 Å². The van der Waals surface area contributed by atoms with E-state index in [-0.39, 0.29) is 0 Å². The second kappa shape index (κ2) is 6.05. The van der Waals surface area contributed by atoms with Gasteiger partial charge in [0.1, 0.15) is 0 Å². The second-order valence-corrected chi connectivity index (χ2v) is 2.31. The van der Waals surface area contributed by atoms with E-state index in [4.69, 9.17) is 10.5 Å². The summed E-state index contributed by atoms with van der Waals surface area (Å²) >= 11 is 0. The van der Waals surface area contributed by atoms with Crippen molar-refractivity contribution in [3.8, 4) is 0 Å². The van der Waals surface area contributed by atoms with Gasteiger partial charge < -0.3 is 10.5 Å². The summed E-state index contributed by atoms with van der Waals surface area (Å²) in [5, 5.41) is 0. The van der Waals surface area contributed by atoms with Crippen molar-refractivity contribution in [2.75, 3.05) is 20.3 Å². The van der Waals surface area contributed by atoms with Gasteiger partial charge in [-0.05, 0) is 18.9 Å².